The van der Waals surface area contributed by atoms with E-state index in [9.17, 15) is 9.90 Å². The predicted molar refractivity (Wildman–Crippen MR) is 85.8 cm³/mol. The molecule has 0 fully saturated rings. The second-order valence-electron chi connectivity index (χ2n) is 4.95. The highest BCUT2D eigenvalue weighted by Crippen LogP contribution is 2.35. The lowest BCUT2D eigenvalue weighted by Crippen LogP contribution is -2.28. The summed E-state index contributed by atoms with van der Waals surface area (Å²) in [5, 5.41) is 13.2. The first kappa shape index (κ1) is 15.8. The Morgan fingerprint density at radius 2 is 2.29 bits per heavy atom. The lowest BCUT2D eigenvalue weighted by atomic mass is 10.1. The SMILES string of the molecule is COCC(O)CCNC(=O)c1sc2c(C)cccc2c1N. The minimum atomic E-state index is -0.572. The number of rotatable bonds is 6. The minimum absolute atomic E-state index is 0.197. The molecule has 21 heavy (non-hydrogen) atoms. The third kappa shape index (κ3) is 3.53. The maximum absolute atomic E-state index is 12.2. The topological polar surface area (TPSA) is 84.6 Å². The van der Waals surface area contributed by atoms with Crippen molar-refractivity contribution in [3.63, 3.8) is 0 Å². The number of nitrogens with one attached hydrogen (secondary N) is 1. The maximum atomic E-state index is 12.2. The number of aliphatic hydroxyl groups is 1. The molecule has 1 atom stereocenters. The number of thiophene rings is 1. The molecular formula is C15H20N2O3S. The Morgan fingerprint density at radius 3 is 2.95 bits per heavy atom. The summed E-state index contributed by atoms with van der Waals surface area (Å²) in [7, 11) is 1.53. The van der Waals surface area contributed by atoms with Crippen molar-refractivity contribution in [2.24, 2.45) is 0 Å². The zero-order valence-electron chi connectivity index (χ0n) is 12.2. The highest BCUT2D eigenvalue weighted by molar-refractivity contribution is 7.21. The number of hydrogen-bond donors (Lipinski definition) is 3. The van der Waals surface area contributed by atoms with Gasteiger partial charge in [0.05, 0.1) is 18.4 Å². The van der Waals surface area contributed by atoms with Gasteiger partial charge in [0.25, 0.3) is 5.91 Å². The van der Waals surface area contributed by atoms with Gasteiger partial charge < -0.3 is 20.9 Å². The van der Waals surface area contributed by atoms with E-state index in [2.05, 4.69) is 5.32 Å². The van der Waals surface area contributed by atoms with E-state index in [1.807, 2.05) is 25.1 Å². The number of carbonyl (C=O) groups is 1. The van der Waals surface area contributed by atoms with Gasteiger partial charge in [0, 0.05) is 23.7 Å². The zero-order valence-corrected chi connectivity index (χ0v) is 13.0. The van der Waals surface area contributed by atoms with E-state index in [1.54, 1.807) is 0 Å². The third-order valence-electron chi connectivity index (χ3n) is 3.28. The molecule has 0 saturated carbocycles. The Hall–Kier alpha value is -1.63. The van der Waals surface area contributed by atoms with Gasteiger partial charge in [-0.15, -0.1) is 11.3 Å². The molecule has 0 aliphatic carbocycles. The van der Waals surface area contributed by atoms with Crippen LogP contribution in [0.5, 0.6) is 0 Å². The van der Waals surface area contributed by atoms with Crippen LogP contribution in [0.1, 0.15) is 21.7 Å². The molecule has 0 spiro atoms. The molecule has 0 bridgehead atoms. The van der Waals surface area contributed by atoms with Crippen LogP contribution in [0.15, 0.2) is 18.2 Å². The monoisotopic (exact) mass is 308 g/mol. The number of carbonyl (C=O) groups excluding carboxylic acids is 1. The summed E-state index contributed by atoms with van der Waals surface area (Å²) in [6.07, 6.45) is -0.124. The standard InChI is InChI=1S/C15H20N2O3S/c1-9-4-3-5-11-12(16)14(21-13(9)11)15(19)17-7-6-10(18)8-20-2/h3-5,10,18H,6-8,16H2,1-2H3,(H,17,19). The first-order valence-electron chi connectivity index (χ1n) is 6.77. The second kappa shape index (κ2) is 6.89. The average molecular weight is 308 g/mol. The first-order valence-corrected chi connectivity index (χ1v) is 7.59. The van der Waals surface area contributed by atoms with Gasteiger partial charge in [-0.05, 0) is 18.9 Å². The predicted octanol–water partition coefficient (Wildman–Crippen LogP) is 1.92. The Morgan fingerprint density at radius 1 is 1.52 bits per heavy atom. The molecular weight excluding hydrogens is 288 g/mol. The number of nitrogen functional groups attached to an aromatic ring is 1. The smallest absolute Gasteiger partial charge is 0.263 e. The van der Waals surface area contributed by atoms with Crippen molar-refractivity contribution in [3.05, 3.63) is 28.6 Å². The summed E-state index contributed by atoms with van der Waals surface area (Å²) in [5.74, 6) is -0.197. The van der Waals surface area contributed by atoms with Crippen molar-refractivity contribution in [2.75, 3.05) is 26.0 Å². The number of methoxy groups -OCH3 is 1. The molecule has 0 radical (unpaired) electrons. The number of anilines is 1. The first-order chi connectivity index (χ1) is 10.0. The van der Waals surface area contributed by atoms with Gasteiger partial charge in [-0.1, -0.05) is 18.2 Å². The molecule has 1 aromatic carbocycles. The highest BCUT2D eigenvalue weighted by Gasteiger charge is 2.17. The number of amides is 1. The summed E-state index contributed by atoms with van der Waals surface area (Å²) in [4.78, 5) is 12.7. The lowest BCUT2D eigenvalue weighted by molar-refractivity contribution is 0.0588. The van der Waals surface area contributed by atoms with Crippen LogP contribution in [-0.4, -0.2) is 37.4 Å². The van der Waals surface area contributed by atoms with E-state index in [-0.39, 0.29) is 12.5 Å². The van der Waals surface area contributed by atoms with E-state index in [0.29, 0.717) is 23.5 Å². The quantitative estimate of drug-likeness (QED) is 0.761. The lowest BCUT2D eigenvalue weighted by Gasteiger charge is -2.09. The molecule has 1 unspecified atom stereocenters. The summed E-state index contributed by atoms with van der Waals surface area (Å²) >= 11 is 1.40. The number of hydrogen-bond acceptors (Lipinski definition) is 5. The Bertz CT molecular complexity index is 639. The maximum Gasteiger partial charge on any atom is 0.263 e. The van der Waals surface area contributed by atoms with Gasteiger partial charge in [0.2, 0.25) is 0 Å². The molecule has 4 N–H and O–H groups in total. The molecule has 0 aliphatic rings. The van der Waals surface area contributed by atoms with Crippen molar-refractivity contribution in [1.29, 1.82) is 0 Å². The van der Waals surface area contributed by atoms with Crippen LogP contribution >= 0.6 is 11.3 Å². The number of benzene rings is 1. The number of nitrogens with two attached hydrogens (primary N) is 1. The Balaban J connectivity index is 2.06. The van der Waals surface area contributed by atoms with Crippen LogP contribution in [0.2, 0.25) is 0 Å². The van der Waals surface area contributed by atoms with Gasteiger partial charge >= 0.3 is 0 Å². The van der Waals surface area contributed by atoms with Crippen LogP contribution in [-0.2, 0) is 4.74 Å². The summed E-state index contributed by atoms with van der Waals surface area (Å²) < 4.78 is 5.88. The number of fused-ring (bicyclic) bond motifs is 1. The fourth-order valence-electron chi connectivity index (χ4n) is 2.16. The molecule has 0 saturated heterocycles. The normalized spacial score (nSPS) is 12.5. The fraction of sp³-hybridized carbons (Fsp3) is 0.400. The molecule has 1 amide bonds. The summed E-state index contributed by atoms with van der Waals surface area (Å²) in [5.41, 5.74) is 7.70. The number of ether oxygens (including phenoxy) is 1. The van der Waals surface area contributed by atoms with Gasteiger partial charge in [-0.25, -0.2) is 0 Å². The molecule has 1 heterocycles. The van der Waals surface area contributed by atoms with Gasteiger partial charge in [-0.2, -0.15) is 0 Å². The van der Waals surface area contributed by atoms with E-state index in [1.165, 1.54) is 18.4 Å². The molecule has 0 aliphatic heterocycles. The Labute approximate surface area is 127 Å². The second-order valence-corrected chi connectivity index (χ2v) is 5.97. The van der Waals surface area contributed by atoms with E-state index >= 15 is 0 Å². The van der Waals surface area contributed by atoms with Crippen LogP contribution in [0, 0.1) is 6.92 Å². The average Bonchev–Trinajstić information content (AvgIpc) is 2.78. The molecule has 5 nitrogen and oxygen atoms in total. The molecule has 6 heteroatoms. The van der Waals surface area contributed by atoms with Crippen LogP contribution in [0.4, 0.5) is 5.69 Å². The Kier molecular flexibility index (Phi) is 5.17. The number of aliphatic hydroxyl groups excluding tert-OH is 1. The van der Waals surface area contributed by atoms with Gasteiger partial charge in [-0.3, -0.25) is 4.79 Å². The van der Waals surface area contributed by atoms with Crippen molar-refractivity contribution < 1.29 is 14.6 Å². The molecule has 2 rings (SSSR count). The summed E-state index contributed by atoms with van der Waals surface area (Å²) in [6, 6.07) is 5.86. The van der Waals surface area contributed by atoms with Crippen molar-refractivity contribution in [3.8, 4) is 0 Å². The largest absolute Gasteiger partial charge is 0.397 e. The molecule has 1 aromatic heterocycles. The van der Waals surface area contributed by atoms with Crippen molar-refractivity contribution >= 4 is 33.0 Å². The highest BCUT2D eigenvalue weighted by atomic mass is 32.1. The van der Waals surface area contributed by atoms with Crippen molar-refractivity contribution in [1.82, 2.24) is 5.32 Å². The van der Waals surface area contributed by atoms with E-state index in [0.717, 1.165) is 15.6 Å². The summed E-state index contributed by atoms with van der Waals surface area (Å²) in [6.45, 7) is 2.65. The minimum Gasteiger partial charge on any atom is -0.397 e. The van der Waals surface area contributed by atoms with Crippen LogP contribution in [0.25, 0.3) is 10.1 Å². The van der Waals surface area contributed by atoms with Crippen LogP contribution in [0.3, 0.4) is 0 Å². The van der Waals surface area contributed by atoms with E-state index in [4.69, 9.17) is 10.5 Å². The fourth-order valence-corrected chi connectivity index (χ4v) is 3.26. The number of aryl methyl sites for hydroxylation is 1. The molecule has 114 valence electrons. The third-order valence-corrected chi connectivity index (χ3v) is 4.63. The van der Waals surface area contributed by atoms with Crippen molar-refractivity contribution in [2.45, 2.75) is 19.4 Å². The van der Waals surface area contributed by atoms with Gasteiger partial charge in [0.1, 0.15) is 4.88 Å². The van der Waals surface area contributed by atoms with Gasteiger partial charge in [0.15, 0.2) is 0 Å². The van der Waals surface area contributed by atoms with E-state index < -0.39 is 6.10 Å². The zero-order chi connectivity index (χ0) is 15.4. The molecule has 2 aromatic rings. The van der Waals surface area contributed by atoms with Crippen LogP contribution < -0.4 is 11.1 Å².